The first-order valence-corrected chi connectivity index (χ1v) is 10.3. The highest BCUT2D eigenvalue weighted by molar-refractivity contribution is 14.2. The van der Waals surface area contributed by atoms with Crippen molar-refractivity contribution in [1.82, 2.24) is 3.97 Å². The van der Waals surface area contributed by atoms with Crippen LogP contribution in [0.2, 0.25) is 5.02 Å². The summed E-state index contributed by atoms with van der Waals surface area (Å²) in [7, 11) is 1.41. The molecule has 0 bridgehead atoms. The van der Waals surface area contributed by atoms with E-state index in [2.05, 4.69) is 26.5 Å². The Labute approximate surface area is 148 Å². The third-order valence-corrected chi connectivity index (χ3v) is 5.68. The molecule has 1 amide bonds. The van der Waals surface area contributed by atoms with Crippen LogP contribution in [0.4, 0.5) is 10.1 Å². The van der Waals surface area contributed by atoms with E-state index in [9.17, 15) is 9.18 Å². The highest BCUT2D eigenvalue weighted by atomic mass is 127. The number of amides is 1. The van der Waals surface area contributed by atoms with Gasteiger partial charge in [-0.25, -0.2) is 4.39 Å². The van der Waals surface area contributed by atoms with Gasteiger partial charge in [-0.05, 0) is 42.2 Å². The average Bonchev–Trinajstić information content (AvgIpc) is 3.02. The number of nitrogens with two attached hydrogens (primary N) is 1. The lowest BCUT2D eigenvalue weighted by Crippen LogP contribution is -2.16. The number of fused-ring (bicyclic) bond motifs is 1. The van der Waals surface area contributed by atoms with Gasteiger partial charge in [0.05, 0.1) is 5.02 Å². The van der Waals surface area contributed by atoms with Crippen LogP contribution in [0, 0.1) is 5.82 Å². The highest BCUT2D eigenvalue weighted by Crippen LogP contribution is 2.36. The maximum Gasteiger partial charge on any atom is 0.273 e. The first-order valence-electron chi connectivity index (χ1n) is 6.56. The molecule has 0 spiro atoms. The Balaban J connectivity index is 1.92. The second-order valence-corrected chi connectivity index (χ2v) is 7.15. The van der Waals surface area contributed by atoms with Crippen molar-refractivity contribution in [3.63, 3.8) is 0 Å². The number of nitrogens with zero attached hydrogens (tertiary/aromatic N) is 1. The van der Waals surface area contributed by atoms with Crippen molar-refractivity contribution in [3.8, 4) is 0 Å². The molecule has 1 heterocycles. The molecule has 22 heavy (non-hydrogen) atoms. The molecule has 1 aromatic heterocycles. The molecule has 1 atom stereocenters. The van der Waals surface area contributed by atoms with Gasteiger partial charge in [-0.3, -0.25) is 8.77 Å². The normalized spacial score (nSPS) is 16.6. The molecule has 0 radical (unpaired) electrons. The first-order chi connectivity index (χ1) is 10.5. The average molecular weight is 452 g/mol. The summed E-state index contributed by atoms with van der Waals surface area (Å²) in [5.74, 6) is -0.764. The van der Waals surface area contributed by atoms with Crippen LogP contribution in [-0.2, 0) is 6.42 Å². The van der Waals surface area contributed by atoms with E-state index in [0.717, 1.165) is 24.0 Å². The molecule has 1 aromatic carbocycles. The molecule has 8 heteroatoms. The minimum Gasteiger partial charge on any atom is -0.324 e. The molecule has 4 nitrogen and oxygen atoms in total. The molecule has 0 fully saturated rings. The fourth-order valence-corrected chi connectivity index (χ4v) is 4.16. The number of benzene rings is 1. The van der Waals surface area contributed by atoms with Gasteiger partial charge in [0.25, 0.3) is 5.91 Å². The first kappa shape index (κ1) is 16.1. The van der Waals surface area contributed by atoms with Crippen molar-refractivity contribution in [2.45, 2.75) is 18.9 Å². The summed E-state index contributed by atoms with van der Waals surface area (Å²) in [5, 5.41) is 2.74. The Morgan fingerprint density at radius 1 is 1.55 bits per heavy atom. The summed E-state index contributed by atoms with van der Waals surface area (Å²) in [6.07, 6.45) is 3.55. The number of anilines is 1. The second-order valence-electron chi connectivity index (χ2n) is 5.03. The topological polar surface area (TPSA) is 60.0 Å². The summed E-state index contributed by atoms with van der Waals surface area (Å²) < 4.78 is 15.0. The fourth-order valence-electron chi connectivity index (χ4n) is 2.63. The molecule has 116 valence electrons. The van der Waals surface area contributed by atoms with E-state index in [-0.39, 0.29) is 17.0 Å². The smallest absolute Gasteiger partial charge is 0.273 e. The Hall–Kier alpha value is -0.770. The lowest BCUT2D eigenvalue weighted by atomic mass is 10.1. The molecule has 3 N–H and O–H groups in total. The Kier molecular flexibility index (Phi) is 4.67. The lowest BCUT2D eigenvalue weighted by molar-refractivity contribution is 0.102. The number of aromatic nitrogens is 1. The number of hydrogen-bond donors (Lipinski definition) is 2. The van der Waals surface area contributed by atoms with Crippen LogP contribution >= 0.6 is 41.9 Å². The maximum atomic E-state index is 13.2. The van der Waals surface area contributed by atoms with E-state index >= 15 is 0 Å². The van der Waals surface area contributed by atoms with Crippen LogP contribution in [0.5, 0.6) is 0 Å². The van der Waals surface area contributed by atoms with Crippen molar-refractivity contribution in [3.05, 3.63) is 52.1 Å². The van der Waals surface area contributed by atoms with Gasteiger partial charge in [-0.1, -0.05) is 11.6 Å². The zero-order valence-corrected chi connectivity index (χ0v) is 15.0. The van der Waals surface area contributed by atoms with Crippen LogP contribution in [0.3, 0.4) is 0 Å². The minimum absolute atomic E-state index is 0.0217. The van der Waals surface area contributed by atoms with E-state index < -0.39 is 5.82 Å². The fraction of sp³-hybridized carbons (Fsp3) is 0.214. The molecule has 3 rings (SSSR count). The van der Waals surface area contributed by atoms with Crippen LogP contribution < -0.4 is 11.1 Å². The summed E-state index contributed by atoms with van der Waals surface area (Å²) in [6.45, 7) is 0. The molecule has 0 aliphatic heterocycles. The molecule has 1 aliphatic carbocycles. The van der Waals surface area contributed by atoms with Crippen LogP contribution in [0.15, 0.2) is 24.4 Å². The van der Waals surface area contributed by atoms with E-state index in [0.29, 0.717) is 11.4 Å². The zero-order valence-electron chi connectivity index (χ0n) is 11.3. The molecule has 1 unspecified atom stereocenters. The van der Waals surface area contributed by atoms with E-state index in [1.165, 1.54) is 27.3 Å². The quantitative estimate of drug-likeness (QED) is 0.683. The Morgan fingerprint density at radius 3 is 3.00 bits per heavy atom. The van der Waals surface area contributed by atoms with Gasteiger partial charge in [-0.15, -0.1) is 0 Å². The largest absolute Gasteiger partial charge is 0.324 e. The van der Waals surface area contributed by atoms with E-state index in [1.54, 1.807) is 0 Å². The van der Waals surface area contributed by atoms with Crippen molar-refractivity contribution in [1.29, 1.82) is 0 Å². The van der Waals surface area contributed by atoms with Gasteiger partial charge in [0.15, 0.2) is 0 Å². The summed E-state index contributed by atoms with van der Waals surface area (Å²) in [6, 6.07) is 4.08. The van der Waals surface area contributed by atoms with Crippen molar-refractivity contribution >= 4 is 53.5 Å². The Bertz CT molecular complexity index is 752. The van der Waals surface area contributed by atoms with Gasteiger partial charge in [0.1, 0.15) is 11.5 Å². The number of rotatable bonds is 3. The third kappa shape index (κ3) is 2.86. The predicted octanol–water partition coefficient (Wildman–Crippen LogP) is 4.33. The van der Waals surface area contributed by atoms with Gasteiger partial charge >= 0.3 is 0 Å². The standard InChI is InChI=1S/C14H12ClFIN3OS/c15-10-5-7(1-3-11(10)16)19-14(21)13-8-2-4-12(18)9(8)6-20(13)22-17/h1,3,5-6,12H,2,4,18H2,(H,19,21). The van der Waals surface area contributed by atoms with Crippen LogP contribution in [0.1, 0.15) is 34.1 Å². The summed E-state index contributed by atoms with van der Waals surface area (Å²) in [5.41, 5.74) is 9.11. The van der Waals surface area contributed by atoms with Gasteiger partial charge < -0.3 is 11.1 Å². The monoisotopic (exact) mass is 451 g/mol. The van der Waals surface area contributed by atoms with Gasteiger partial charge in [0.2, 0.25) is 0 Å². The van der Waals surface area contributed by atoms with E-state index in [1.807, 2.05) is 10.2 Å². The number of carbonyl (C=O) groups is 1. The minimum atomic E-state index is -0.516. The molecule has 0 saturated heterocycles. The number of halogens is 3. The van der Waals surface area contributed by atoms with Crippen molar-refractivity contribution < 1.29 is 9.18 Å². The second kappa shape index (κ2) is 6.38. The molecular formula is C14H12ClFIN3OS. The van der Waals surface area contributed by atoms with Gasteiger partial charge in [0, 0.05) is 48.3 Å². The number of hydrogen-bond acceptors (Lipinski definition) is 3. The SMILES string of the molecule is NC1CCc2c1cn(SI)c2C(=O)Nc1ccc(F)c(Cl)c1. The van der Waals surface area contributed by atoms with E-state index in [4.69, 9.17) is 17.3 Å². The number of nitrogens with one attached hydrogen (secondary N) is 1. The molecule has 1 aliphatic rings. The predicted molar refractivity (Wildman–Crippen MR) is 96.1 cm³/mol. The Morgan fingerprint density at radius 2 is 2.32 bits per heavy atom. The third-order valence-electron chi connectivity index (χ3n) is 3.68. The van der Waals surface area contributed by atoms with Crippen LogP contribution in [-0.4, -0.2) is 9.88 Å². The number of carbonyl (C=O) groups excluding carboxylic acids is 1. The van der Waals surface area contributed by atoms with Crippen molar-refractivity contribution in [2.75, 3.05) is 5.32 Å². The van der Waals surface area contributed by atoms with Crippen LogP contribution in [0.25, 0.3) is 0 Å². The highest BCUT2D eigenvalue weighted by Gasteiger charge is 2.29. The van der Waals surface area contributed by atoms with Gasteiger partial charge in [-0.2, -0.15) is 0 Å². The summed E-state index contributed by atoms with van der Waals surface area (Å²) >= 11 is 7.86. The lowest BCUT2D eigenvalue weighted by Gasteiger charge is -2.09. The maximum absolute atomic E-state index is 13.2. The summed E-state index contributed by atoms with van der Waals surface area (Å²) in [4.78, 5) is 12.6. The molecule has 0 saturated carbocycles. The zero-order chi connectivity index (χ0) is 15.9. The van der Waals surface area contributed by atoms with Crippen molar-refractivity contribution in [2.24, 2.45) is 5.73 Å². The molecular weight excluding hydrogens is 440 g/mol. The molecule has 2 aromatic rings.